The van der Waals surface area contributed by atoms with Crippen LogP contribution in [0.25, 0.3) is 0 Å². The third-order valence-corrected chi connectivity index (χ3v) is 2.76. The third kappa shape index (κ3) is 3.06. The first-order valence-electron chi connectivity index (χ1n) is 5.77. The molecule has 2 rings (SSSR count). The Bertz CT molecular complexity index is 428. The fourth-order valence-electron chi connectivity index (χ4n) is 1.77. The lowest BCUT2D eigenvalue weighted by Crippen LogP contribution is -2.20. The number of hydrogen-bond acceptors (Lipinski definition) is 3. The molecule has 1 heterocycles. The minimum absolute atomic E-state index is 0.00404. The van der Waals surface area contributed by atoms with E-state index >= 15 is 0 Å². The number of hydrogen-bond donors (Lipinski definition) is 1. The number of carbonyl (C=O) groups excluding carboxylic acids is 1. The van der Waals surface area contributed by atoms with Crippen LogP contribution < -0.4 is 5.32 Å². The van der Waals surface area contributed by atoms with Gasteiger partial charge in [-0.1, -0.05) is 30.3 Å². The molecule has 0 radical (unpaired) electrons. The normalized spacial score (nSPS) is 19.1. The predicted octanol–water partition coefficient (Wildman–Crippen LogP) is 1.56. The van der Waals surface area contributed by atoms with Gasteiger partial charge in [-0.25, -0.2) is 0 Å². The SMILES string of the molecule is CNC(=O)C/C(C)=N\N1CC1c1ccccc1. The summed E-state index contributed by atoms with van der Waals surface area (Å²) in [7, 11) is 1.64. The fourth-order valence-corrected chi connectivity index (χ4v) is 1.77. The second-order valence-corrected chi connectivity index (χ2v) is 4.23. The molecule has 1 aliphatic rings. The Balaban J connectivity index is 1.91. The van der Waals surface area contributed by atoms with E-state index < -0.39 is 0 Å². The molecule has 0 spiro atoms. The Morgan fingerprint density at radius 1 is 1.47 bits per heavy atom. The van der Waals surface area contributed by atoms with Gasteiger partial charge >= 0.3 is 0 Å². The van der Waals surface area contributed by atoms with Gasteiger partial charge in [0.1, 0.15) is 0 Å². The molecule has 1 saturated heterocycles. The van der Waals surface area contributed by atoms with Gasteiger partial charge in [0.2, 0.25) is 5.91 Å². The van der Waals surface area contributed by atoms with Crippen LogP contribution in [0.3, 0.4) is 0 Å². The molecule has 1 unspecified atom stereocenters. The standard InChI is InChI=1S/C13H17N3O/c1-10(8-13(17)14-2)15-16-9-12(16)11-6-4-3-5-7-11/h3-7,12H,8-9H2,1-2H3,(H,14,17)/b15-10-. The van der Waals surface area contributed by atoms with Crippen LogP contribution >= 0.6 is 0 Å². The number of carbonyl (C=O) groups is 1. The van der Waals surface area contributed by atoms with E-state index in [9.17, 15) is 4.79 Å². The van der Waals surface area contributed by atoms with Crippen molar-refractivity contribution in [2.75, 3.05) is 13.6 Å². The molecule has 1 aromatic carbocycles. The van der Waals surface area contributed by atoms with Crippen molar-refractivity contribution in [2.24, 2.45) is 5.10 Å². The van der Waals surface area contributed by atoms with E-state index in [2.05, 4.69) is 22.6 Å². The number of hydrazone groups is 1. The van der Waals surface area contributed by atoms with Gasteiger partial charge in [0.15, 0.2) is 0 Å². The van der Waals surface area contributed by atoms with E-state index in [1.165, 1.54) is 5.56 Å². The summed E-state index contributed by atoms with van der Waals surface area (Å²) in [6.45, 7) is 2.82. The quantitative estimate of drug-likeness (QED) is 0.631. The van der Waals surface area contributed by atoms with Crippen LogP contribution in [0, 0.1) is 0 Å². The Hall–Kier alpha value is -1.84. The molecule has 4 heteroatoms. The highest BCUT2D eigenvalue weighted by Crippen LogP contribution is 2.34. The summed E-state index contributed by atoms with van der Waals surface area (Å²) >= 11 is 0. The zero-order chi connectivity index (χ0) is 12.3. The molecule has 1 N–H and O–H groups in total. The van der Waals surface area contributed by atoms with Crippen molar-refractivity contribution in [1.29, 1.82) is 0 Å². The summed E-state index contributed by atoms with van der Waals surface area (Å²) in [6.07, 6.45) is 0.370. The van der Waals surface area contributed by atoms with E-state index in [1.807, 2.05) is 30.1 Å². The molecule has 0 aliphatic carbocycles. The van der Waals surface area contributed by atoms with E-state index in [0.717, 1.165) is 12.3 Å². The second kappa shape index (κ2) is 4.99. The Kier molecular flexibility index (Phi) is 3.42. The minimum atomic E-state index is 0.00404. The average molecular weight is 231 g/mol. The van der Waals surface area contributed by atoms with Crippen molar-refractivity contribution in [3.63, 3.8) is 0 Å². The largest absolute Gasteiger partial charge is 0.359 e. The van der Waals surface area contributed by atoms with Gasteiger partial charge < -0.3 is 5.32 Å². The number of rotatable bonds is 4. The summed E-state index contributed by atoms with van der Waals surface area (Å²) in [4.78, 5) is 11.2. The van der Waals surface area contributed by atoms with Gasteiger partial charge in [-0.3, -0.25) is 9.80 Å². The van der Waals surface area contributed by atoms with E-state index in [-0.39, 0.29) is 5.91 Å². The smallest absolute Gasteiger partial charge is 0.225 e. The highest BCUT2D eigenvalue weighted by Gasteiger charge is 2.34. The monoisotopic (exact) mass is 231 g/mol. The molecule has 1 aliphatic heterocycles. The van der Waals surface area contributed by atoms with Crippen LogP contribution in [0.2, 0.25) is 0 Å². The van der Waals surface area contributed by atoms with Gasteiger partial charge in [-0.2, -0.15) is 5.10 Å². The average Bonchev–Trinajstić information content (AvgIpc) is 3.09. The lowest BCUT2D eigenvalue weighted by Gasteiger charge is -2.02. The maximum Gasteiger partial charge on any atom is 0.225 e. The molecule has 17 heavy (non-hydrogen) atoms. The van der Waals surface area contributed by atoms with Crippen LogP contribution in [0.4, 0.5) is 0 Å². The molecule has 1 atom stereocenters. The maximum absolute atomic E-state index is 11.2. The van der Waals surface area contributed by atoms with Crippen molar-refractivity contribution in [1.82, 2.24) is 10.3 Å². The summed E-state index contributed by atoms with van der Waals surface area (Å²) in [5.74, 6) is 0.00404. The fraction of sp³-hybridized carbons (Fsp3) is 0.385. The molecular weight excluding hydrogens is 214 g/mol. The Morgan fingerprint density at radius 2 is 2.18 bits per heavy atom. The number of benzene rings is 1. The van der Waals surface area contributed by atoms with Crippen LogP contribution in [0.1, 0.15) is 24.9 Å². The van der Waals surface area contributed by atoms with E-state index in [4.69, 9.17) is 0 Å². The van der Waals surface area contributed by atoms with Crippen molar-refractivity contribution in [3.8, 4) is 0 Å². The first-order chi connectivity index (χ1) is 8.20. The van der Waals surface area contributed by atoms with Crippen LogP contribution in [-0.2, 0) is 4.79 Å². The maximum atomic E-state index is 11.2. The highest BCUT2D eigenvalue weighted by atomic mass is 16.1. The molecule has 1 amide bonds. The van der Waals surface area contributed by atoms with Crippen molar-refractivity contribution in [3.05, 3.63) is 35.9 Å². The summed E-state index contributed by atoms with van der Waals surface area (Å²) in [5.41, 5.74) is 2.13. The molecule has 4 nitrogen and oxygen atoms in total. The van der Waals surface area contributed by atoms with E-state index in [0.29, 0.717) is 12.5 Å². The summed E-state index contributed by atoms with van der Waals surface area (Å²) < 4.78 is 0. The van der Waals surface area contributed by atoms with Crippen LogP contribution in [-0.4, -0.2) is 30.2 Å². The molecule has 90 valence electrons. The number of nitrogens with zero attached hydrogens (tertiary/aromatic N) is 2. The van der Waals surface area contributed by atoms with Gasteiger partial charge in [-0.15, -0.1) is 0 Å². The Labute approximate surface area is 101 Å². The zero-order valence-corrected chi connectivity index (χ0v) is 10.2. The topological polar surface area (TPSA) is 44.5 Å². The van der Waals surface area contributed by atoms with Gasteiger partial charge in [-0.05, 0) is 12.5 Å². The van der Waals surface area contributed by atoms with Crippen molar-refractivity contribution >= 4 is 11.6 Å². The molecular formula is C13H17N3O. The predicted molar refractivity (Wildman–Crippen MR) is 67.7 cm³/mol. The van der Waals surface area contributed by atoms with Gasteiger partial charge in [0.05, 0.1) is 19.0 Å². The lowest BCUT2D eigenvalue weighted by molar-refractivity contribution is -0.119. The van der Waals surface area contributed by atoms with Gasteiger partial charge in [0.25, 0.3) is 0 Å². The molecule has 0 aromatic heterocycles. The number of amides is 1. The number of nitrogens with one attached hydrogen (secondary N) is 1. The van der Waals surface area contributed by atoms with E-state index in [1.54, 1.807) is 7.05 Å². The first-order valence-corrected chi connectivity index (χ1v) is 5.77. The van der Waals surface area contributed by atoms with Gasteiger partial charge in [0, 0.05) is 12.8 Å². The molecule has 1 fully saturated rings. The summed E-state index contributed by atoms with van der Waals surface area (Å²) in [5, 5.41) is 9.03. The van der Waals surface area contributed by atoms with Crippen molar-refractivity contribution in [2.45, 2.75) is 19.4 Å². The van der Waals surface area contributed by atoms with Crippen LogP contribution in [0.15, 0.2) is 35.4 Å². The lowest BCUT2D eigenvalue weighted by atomic mass is 10.2. The Morgan fingerprint density at radius 3 is 2.82 bits per heavy atom. The molecule has 1 aromatic rings. The van der Waals surface area contributed by atoms with Crippen molar-refractivity contribution < 1.29 is 4.79 Å². The minimum Gasteiger partial charge on any atom is -0.359 e. The second-order valence-electron chi connectivity index (χ2n) is 4.23. The zero-order valence-electron chi connectivity index (χ0n) is 10.2. The summed E-state index contributed by atoms with van der Waals surface area (Å²) in [6, 6.07) is 10.7. The highest BCUT2D eigenvalue weighted by molar-refractivity contribution is 5.99. The third-order valence-electron chi connectivity index (χ3n) is 2.76. The molecule has 0 bridgehead atoms. The molecule has 0 saturated carbocycles. The first kappa shape index (κ1) is 11.6. The van der Waals surface area contributed by atoms with Crippen LogP contribution in [0.5, 0.6) is 0 Å².